The summed E-state index contributed by atoms with van der Waals surface area (Å²) in [5.41, 5.74) is 0. The number of sulfonamides is 1. The molecule has 0 saturated carbocycles. The van der Waals surface area contributed by atoms with Crippen LogP contribution in [0, 0.1) is 0 Å². The van der Waals surface area contributed by atoms with E-state index in [0.717, 1.165) is 12.1 Å². The van der Waals surface area contributed by atoms with Crippen LogP contribution in [0.1, 0.15) is 17.9 Å². The topological polar surface area (TPSA) is 58.6 Å². The van der Waals surface area contributed by atoms with Gasteiger partial charge >= 0.3 is 0 Å². The Bertz CT molecular complexity index is 756. The Morgan fingerprint density at radius 3 is 2.50 bits per heavy atom. The molecule has 1 heterocycles. The first-order valence-electron chi connectivity index (χ1n) is 9.19. The molecule has 2 rings (SSSR count). The molecule has 0 atom stereocenters. The first-order valence-corrected chi connectivity index (χ1v) is 6.63. The lowest BCUT2D eigenvalue weighted by molar-refractivity contribution is 0.339. The van der Waals surface area contributed by atoms with Gasteiger partial charge < -0.3 is 10.1 Å². The quantitative estimate of drug-likeness (QED) is 0.880. The zero-order chi connectivity index (χ0) is 20.2. The van der Waals surface area contributed by atoms with Crippen LogP contribution in [0.3, 0.4) is 0 Å². The fourth-order valence-corrected chi connectivity index (χ4v) is 2.34. The summed E-state index contributed by atoms with van der Waals surface area (Å²) < 4.78 is 92.8. The van der Waals surface area contributed by atoms with Crippen LogP contribution in [0.25, 0.3) is 0 Å². The lowest BCUT2D eigenvalue weighted by Gasteiger charge is -2.26. The lowest BCUT2D eigenvalue weighted by atomic mass is 10.3. The molecule has 0 aliphatic carbocycles. The zero-order valence-corrected chi connectivity index (χ0v) is 10.4. The normalized spacial score (nSPS) is 35.4. The molecule has 0 bridgehead atoms. The number of rotatable bonds is 4. The van der Waals surface area contributed by atoms with E-state index in [1.165, 1.54) is 12.1 Å². The molecule has 18 heavy (non-hydrogen) atoms. The van der Waals surface area contributed by atoms with Gasteiger partial charge in [0, 0.05) is 37.0 Å². The molecule has 0 radical (unpaired) electrons. The third-order valence-corrected chi connectivity index (χ3v) is 3.64. The summed E-state index contributed by atoms with van der Waals surface area (Å²) in [5.74, 6) is 0.337. The molecule has 1 fully saturated rings. The largest absolute Gasteiger partial charge is 0.494 e. The third kappa shape index (κ3) is 2.82. The second-order valence-electron chi connectivity index (χ2n) is 3.27. The van der Waals surface area contributed by atoms with E-state index in [4.69, 9.17) is 15.7 Å². The predicted molar refractivity (Wildman–Crippen MR) is 69.2 cm³/mol. The summed E-state index contributed by atoms with van der Waals surface area (Å²) in [4.78, 5) is -0.526. The van der Waals surface area contributed by atoms with Gasteiger partial charge in [-0.25, -0.2) is 8.42 Å². The molecule has 0 amide bonds. The standard InChI is InChI=1S/C12H18N2O3S/c1-2-17-11-3-5-12(6-4-11)18(15,16)14-9-7-13-8-10-14/h3-6,13H,2,7-10H2,1H3/i7D2,8D2,9D2,10D2. The van der Waals surface area contributed by atoms with Crippen molar-refractivity contribution in [1.82, 2.24) is 9.62 Å². The summed E-state index contributed by atoms with van der Waals surface area (Å²) >= 11 is 0. The Morgan fingerprint density at radius 2 is 1.94 bits per heavy atom. The summed E-state index contributed by atoms with van der Waals surface area (Å²) in [6.45, 7) is -11.2. The van der Waals surface area contributed by atoms with Crippen molar-refractivity contribution in [2.75, 3.05) is 32.6 Å². The highest BCUT2D eigenvalue weighted by Gasteiger charge is 2.25. The van der Waals surface area contributed by atoms with E-state index in [0.29, 0.717) is 12.4 Å². The maximum atomic E-state index is 12.9. The van der Waals surface area contributed by atoms with Crippen LogP contribution in [-0.2, 0) is 10.0 Å². The lowest BCUT2D eigenvalue weighted by Crippen LogP contribution is -2.46. The second kappa shape index (κ2) is 5.69. The Hall–Kier alpha value is -1.11. The van der Waals surface area contributed by atoms with Crippen molar-refractivity contribution < 1.29 is 24.1 Å². The van der Waals surface area contributed by atoms with Gasteiger partial charge in [-0.05, 0) is 31.2 Å². The highest BCUT2D eigenvalue weighted by molar-refractivity contribution is 7.89. The van der Waals surface area contributed by atoms with E-state index < -0.39 is 40.9 Å². The number of benzene rings is 1. The molecular weight excluding hydrogens is 252 g/mol. The molecule has 0 spiro atoms. The van der Waals surface area contributed by atoms with Crippen LogP contribution < -0.4 is 10.1 Å². The van der Waals surface area contributed by atoms with Crippen LogP contribution in [0.15, 0.2) is 29.2 Å². The van der Waals surface area contributed by atoms with Gasteiger partial charge in [0.05, 0.1) is 11.5 Å². The third-order valence-electron chi connectivity index (χ3n) is 2.11. The highest BCUT2D eigenvalue weighted by atomic mass is 32.2. The van der Waals surface area contributed by atoms with Crippen molar-refractivity contribution in [2.45, 2.75) is 11.8 Å². The molecule has 1 aromatic carbocycles. The minimum atomic E-state index is -4.94. The molecule has 0 unspecified atom stereocenters. The fraction of sp³-hybridized carbons (Fsp3) is 0.500. The Balaban J connectivity index is 2.63. The first-order chi connectivity index (χ1) is 11.6. The maximum Gasteiger partial charge on any atom is 0.243 e. The number of hydrogen-bond donors (Lipinski definition) is 1. The van der Waals surface area contributed by atoms with Crippen LogP contribution >= 0.6 is 0 Å². The molecule has 1 aliphatic heterocycles. The summed E-state index contributed by atoms with van der Waals surface area (Å²) in [6, 6.07) is 4.68. The second-order valence-corrected chi connectivity index (χ2v) is 5.06. The number of hydrogen-bond acceptors (Lipinski definition) is 4. The molecule has 0 aromatic heterocycles. The monoisotopic (exact) mass is 278 g/mol. The van der Waals surface area contributed by atoms with Crippen molar-refractivity contribution in [2.24, 2.45) is 0 Å². The van der Waals surface area contributed by atoms with Crippen molar-refractivity contribution in [3.05, 3.63) is 24.3 Å². The van der Waals surface area contributed by atoms with E-state index >= 15 is 0 Å². The first kappa shape index (κ1) is 6.36. The fourth-order valence-electron chi connectivity index (χ4n) is 1.32. The van der Waals surface area contributed by atoms with Gasteiger partial charge in [-0.1, -0.05) is 0 Å². The zero-order valence-electron chi connectivity index (χ0n) is 17.6. The Morgan fingerprint density at radius 1 is 1.33 bits per heavy atom. The predicted octanol–water partition coefficient (Wildman–Crippen LogP) is 0.679. The molecule has 1 N–H and O–H groups in total. The molecule has 6 heteroatoms. The Kier molecular flexibility index (Phi) is 2.01. The van der Waals surface area contributed by atoms with Gasteiger partial charge in [-0.15, -0.1) is 0 Å². The summed E-state index contributed by atoms with van der Waals surface area (Å²) in [6.07, 6.45) is 0. The van der Waals surface area contributed by atoms with Gasteiger partial charge in [-0.3, -0.25) is 0 Å². The van der Waals surface area contributed by atoms with Crippen molar-refractivity contribution in [1.29, 1.82) is 0 Å². The SMILES string of the molecule is [2H]C1([2H])NC([2H])([2H])C([2H])([2H])N(S(=O)(=O)c2ccc(OCC)cc2)C1([2H])[2H]. The van der Waals surface area contributed by atoms with Gasteiger partial charge in [0.25, 0.3) is 0 Å². The van der Waals surface area contributed by atoms with Crippen molar-refractivity contribution >= 4 is 10.0 Å². The van der Waals surface area contributed by atoms with E-state index in [1.807, 2.05) is 0 Å². The van der Waals surface area contributed by atoms with Crippen molar-refractivity contribution in [3.8, 4) is 5.75 Å². The summed E-state index contributed by atoms with van der Waals surface area (Å²) in [7, 11) is -4.94. The van der Waals surface area contributed by atoms with E-state index in [2.05, 4.69) is 0 Å². The molecule has 100 valence electrons. The molecule has 5 nitrogen and oxygen atoms in total. The average molecular weight is 278 g/mol. The number of nitrogens with one attached hydrogen (secondary N) is 1. The maximum absolute atomic E-state index is 12.9. The minimum absolute atomic E-state index is 0.329. The molecule has 1 aliphatic rings. The van der Waals surface area contributed by atoms with Gasteiger partial charge in [0.2, 0.25) is 10.0 Å². The smallest absolute Gasteiger partial charge is 0.243 e. The van der Waals surface area contributed by atoms with Crippen molar-refractivity contribution in [3.63, 3.8) is 0 Å². The van der Waals surface area contributed by atoms with Crippen LogP contribution in [0.4, 0.5) is 0 Å². The van der Waals surface area contributed by atoms with Crippen LogP contribution in [0.5, 0.6) is 5.75 Å². The Labute approximate surface area is 119 Å². The van der Waals surface area contributed by atoms with E-state index in [1.54, 1.807) is 12.2 Å². The van der Waals surface area contributed by atoms with Crippen LogP contribution in [-0.4, -0.2) is 45.3 Å². The molecule has 1 aromatic rings. The highest BCUT2D eigenvalue weighted by Crippen LogP contribution is 2.19. The number of nitrogens with zero attached hydrogens (tertiary/aromatic N) is 1. The van der Waals surface area contributed by atoms with E-state index in [9.17, 15) is 8.42 Å². The van der Waals surface area contributed by atoms with Gasteiger partial charge in [0.1, 0.15) is 5.75 Å². The molecule has 1 saturated heterocycles. The van der Waals surface area contributed by atoms with Crippen LogP contribution in [0.2, 0.25) is 0 Å². The number of piperazine rings is 1. The summed E-state index contributed by atoms with van der Waals surface area (Å²) in [5, 5.41) is 1.58. The van der Waals surface area contributed by atoms with Gasteiger partial charge in [0.15, 0.2) is 0 Å². The average Bonchev–Trinajstić information content (AvgIpc) is 2.44. The van der Waals surface area contributed by atoms with Gasteiger partial charge in [-0.2, -0.15) is 4.31 Å². The molecular formula is C12H18N2O3S. The van der Waals surface area contributed by atoms with E-state index in [-0.39, 0.29) is 4.31 Å². The number of ether oxygens (including phenoxy) is 1. The minimum Gasteiger partial charge on any atom is -0.494 e.